The highest BCUT2D eigenvalue weighted by Crippen LogP contribution is 2.44. The summed E-state index contributed by atoms with van der Waals surface area (Å²) in [6.07, 6.45) is -0.320. The minimum absolute atomic E-state index is 0.00527. The molecule has 0 fully saturated rings. The highest BCUT2D eigenvalue weighted by atomic mass is 32.1. The Kier molecular flexibility index (Phi) is 8.06. The molecule has 36 heavy (non-hydrogen) atoms. The first-order valence-electron chi connectivity index (χ1n) is 12.2. The van der Waals surface area contributed by atoms with Crippen molar-refractivity contribution in [1.29, 1.82) is 0 Å². The molecule has 1 aliphatic rings. The van der Waals surface area contributed by atoms with Gasteiger partial charge in [0.05, 0.1) is 0 Å². The lowest BCUT2D eigenvalue weighted by Gasteiger charge is -2.33. The predicted octanol–water partition coefficient (Wildman–Crippen LogP) is 6.21. The van der Waals surface area contributed by atoms with Crippen LogP contribution in [0.5, 0.6) is 0 Å². The average molecular weight is 509 g/mol. The monoisotopic (exact) mass is 508 g/mol. The smallest absolute Gasteiger partial charge is 0.409 e. The topological polar surface area (TPSA) is 89.0 Å². The lowest BCUT2D eigenvalue weighted by molar-refractivity contribution is 0.0218. The summed E-state index contributed by atoms with van der Waals surface area (Å²) in [6.45, 7) is 6.69. The summed E-state index contributed by atoms with van der Waals surface area (Å²) >= 11 is 1.26. The molecular weight excluding hydrogens is 476 g/mol. The van der Waals surface area contributed by atoms with Crippen LogP contribution in [-0.4, -0.2) is 53.4 Å². The molecule has 1 heterocycles. The third-order valence-electron chi connectivity index (χ3n) is 6.73. The van der Waals surface area contributed by atoms with Gasteiger partial charge in [-0.3, -0.25) is 0 Å². The molecule has 0 bridgehead atoms. The number of ether oxygens (including phenoxy) is 2. The van der Waals surface area contributed by atoms with Crippen molar-refractivity contribution in [2.45, 2.75) is 45.3 Å². The Morgan fingerprint density at radius 3 is 2.22 bits per heavy atom. The van der Waals surface area contributed by atoms with E-state index in [9.17, 15) is 14.7 Å². The van der Waals surface area contributed by atoms with Gasteiger partial charge in [0, 0.05) is 37.4 Å². The van der Waals surface area contributed by atoms with Crippen LogP contribution in [0.2, 0.25) is 0 Å². The number of aromatic nitrogens is 1. The SMILES string of the molecule is CCOC(CC(C(C)C)N(C)C(=O)OCC1c2ccccc2-c2ccccc21)c1nc(C(=O)O)cs1. The lowest BCUT2D eigenvalue weighted by Crippen LogP contribution is -2.42. The number of benzene rings is 2. The first kappa shape index (κ1) is 25.9. The van der Waals surface area contributed by atoms with Crippen LogP contribution in [0.1, 0.15) is 65.8 Å². The van der Waals surface area contributed by atoms with Gasteiger partial charge in [-0.1, -0.05) is 62.4 Å². The van der Waals surface area contributed by atoms with Crippen molar-refractivity contribution in [3.63, 3.8) is 0 Å². The number of aromatic carboxylic acids is 1. The van der Waals surface area contributed by atoms with Gasteiger partial charge in [-0.25, -0.2) is 14.6 Å². The van der Waals surface area contributed by atoms with Crippen molar-refractivity contribution in [2.24, 2.45) is 5.92 Å². The van der Waals surface area contributed by atoms with E-state index < -0.39 is 18.2 Å². The van der Waals surface area contributed by atoms with Crippen molar-refractivity contribution >= 4 is 23.4 Å². The molecule has 4 rings (SSSR count). The second kappa shape index (κ2) is 11.2. The summed E-state index contributed by atoms with van der Waals surface area (Å²) in [4.78, 5) is 30.4. The zero-order valence-corrected chi connectivity index (χ0v) is 21.8. The maximum atomic E-state index is 13.2. The summed E-state index contributed by atoms with van der Waals surface area (Å²) in [7, 11) is 1.75. The van der Waals surface area contributed by atoms with Crippen molar-refractivity contribution in [3.8, 4) is 11.1 Å². The minimum atomic E-state index is -1.07. The highest BCUT2D eigenvalue weighted by Gasteiger charge is 2.32. The maximum Gasteiger partial charge on any atom is 0.409 e. The van der Waals surface area contributed by atoms with Gasteiger partial charge in [0.2, 0.25) is 0 Å². The number of nitrogens with zero attached hydrogens (tertiary/aromatic N) is 2. The number of carbonyl (C=O) groups is 2. The lowest BCUT2D eigenvalue weighted by atomic mass is 9.96. The van der Waals surface area contributed by atoms with Crippen LogP contribution in [0, 0.1) is 5.92 Å². The van der Waals surface area contributed by atoms with Crippen LogP contribution in [0.15, 0.2) is 53.9 Å². The van der Waals surface area contributed by atoms with E-state index in [-0.39, 0.29) is 30.2 Å². The average Bonchev–Trinajstić information content (AvgIpc) is 3.48. The summed E-state index contributed by atoms with van der Waals surface area (Å²) in [5.74, 6) is -0.950. The van der Waals surface area contributed by atoms with Gasteiger partial charge < -0.3 is 19.5 Å². The molecule has 0 aliphatic heterocycles. The number of hydrogen-bond acceptors (Lipinski definition) is 6. The van der Waals surface area contributed by atoms with Crippen LogP contribution in [0.4, 0.5) is 4.79 Å². The van der Waals surface area contributed by atoms with Crippen molar-refractivity contribution in [2.75, 3.05) is 20.3 Å². The van der Waals surface area contributed by atoms with Gasteiger partial charge in [-0.2, -0.15) is 0 Å². The van der Waals surface area contributed by atoms with Crippen molar-refractivity contribution in [3.05, 3.63) is 75.7 Å². The third kappa shape index (κ3) is 5.29. The van der Waals surface area contributed by atoms with E-state index >= 15 is 0 Å². The zero-order chi connectivity index (χ0) is 25.8. The Hall–Kier alpha value is -3.23. The number of carboxylic acid groups (broad SMARTS) is 1. The first-order chi connectivity index (χ1) is 17.3. The molecule has 0 spiro atoms. The molecule has 3 aromatic rings. The Morgan fingerprint density at radius 1 is 1.08 bits per heavy atom. The molecule has 1 N–H and O–H groups in total. The number of hydrogen-bond donors (Lipinski definition) is 1. The molecule has 1 amide bonds. The summed E-state index contributed by atoms with van der Waals surface area (Å²) < 4.78 is 11.8. The number of rotatable bonds is 10. The molecule has 0 radical (unpaired) electrons. The summed E-state index contributed by atoms with van der Waals surface area (Å²) in [5.41, 5.74) is 4.72. The standard InChI is InChI=1S/C28H32N2O5S/c1-5-34-25(26-29-23(16-36-26)27(31)32)14-24(17(2)3)30(4)28(33)35-15-22-20-12-8-6-10-18(20)19-11-7-9-13-21(19)22/h6-13,16-17,22,24-25H,5,14-15H2,1-4H3,(H,31,32). The molecule has 0 saturated heterocycles. The van der Waals surface area contributed by atoms with Gasteiger partial charge in [0.25, 0.3) is 0 Å². The van der Waals surface area contributed by atoms with Gasteiger partial charge in [-0.05, 0) is 35.1 Å². The second-order valence-corrected chi connectivity index (χ2v) is 10.2. The van der Waals surface area contributed by atoms with E-state index in [0.29, 0.717) is 18.0 Å². The predicted molar refractivity (Wildman–Crippen MR) is 140 cm³/mol. The molecule has 190 valence electrons. The molecule has 8 heteroatoms. The Bertz CT molecular complexity index is 1180. The number of carbonyl (C=O) groups excluding carboxylic acids is 1. The fraction of sp³-hybridized carbons (Fsp3) is 0.393. The van der Waals surface area contributed by atoms with Gasteiger partial charge in [0.15, 0.2) is 5.69 Å². The molecule has 2 aromatic carbocycles. The maximum absolute atomic E-state index is 13.2. The molecule has 7 nitrogen and oxygen atoms in total. The number of amides is 1. The number of carboxylic acids is 1. The second-order valence-electron chi connectivity index (χ2n) is 9.28. The fourth-order valence-electron chi connectivity index (χ4n) is 4.90. The van der Waals surface area contributed by atoms with E-state index in [1.807, 2.05) is 45.0 Å². The third-order valence-corrected chi connectivity index (χ3v) is 7.67. The van der Waals surface area contributed by atoms with Crippen molar-refractivity contribution < 1.29 is 24.2 Å². The van der Waals surface area contributed by atoms with Crippen LogP contribution >= 0.6 is 11.3 Å². The largest absolute Gasteiger partial charge is 0.476 e. The summed E-state index contributed by atoms with van der Waals surface area (Å²) in [5, 5.41) is 11.4. The highest BCUT2D eigenvalue weighted by molar-refractivity contribution is 7.09. The van der Waals surface area contributed by atoms with Crippen LogP contribution in [0.3, 0.4) is 0 Å². The van der Waals surface area contributed by atoms with Gasteiger partial charge >= 0.3 is 12.1 Å². The molecule has 1 aliphatic carbocycles. The Balaban J connectivity index is 1.47. The molecule has 0 saturated carbocycles. The zero-order valence-electron chi connectivity index (χ0n) is 21.0. The van der Waals surface area contributed by atoms with E-state index in [2.05, 4.69) is 29.2 Å². The molecule has 2 unspecified atom stereocenters. The normalized spacial score (nSPS) is 14.2. The fourth-order valence-corrected chi connectivity index (χ4v) is 5.76. The Labute approximate surface area is 215 Å². The van der Waals surface area contributed by atoms with Crippen molar-refractivity contribution in [1.82, 2.24) is 9.88 Å². The Morgan fingerprint density at radius 2 is 1.69 bits per heavy atom. The number of fused-ring (bicyclic) bond motifs is 3. The minimum Gasteiger partial charge on any atom is -0.476 e. The summed E-state index contributed by atoms with van der Waals surface area (Å²) in [6, 6.07) is 16.3. The number of thiazole rings is 1. The van der Waals surface area contributed by atoms with E-state index in [1.165, 1.54) is 39.0 Å². The molecular formula is C28H32N2O5S. The molecule has 1 aromatic heterocycles. The van der Waals surface area contributed by atoms with Gasteiger partial charge in [0.1, 0.15) is 17.7 Å². The van der Waals surface area contributed by atoms with Crippen LogP contribution in [-0.2, 0) is 9.47 Å². The quantitative estimate of drug-likeness (QED) is 0.350. The van der Waals surface area contributed by atoms with Crippen LogP contribution < -0.4 is 0 Å². The molecule has 2 atom stereocenters. The van der Waals surface area contributed by atoms with E-state index in [4.69, 9.17) is 9.47 Å². The van der Waals surface area contributed by atoms with E-state index in [0.717, 1.165) is 0 Å². The van der Waals surface area contributed by atoms with E-state index in [1.54, 1.807) is 11.9 Å². The van der Waals surface area contributed by atoms with Gasteiger partial charge in [-0.15, -0.1) is 11.3 Å². The first-order valence-corrected chi connectivity index (χ1v) is 13.1. The van der Waals surface area contributed by atoms with Crippen LogP contribution in [0.25, 0.3) is 11.1 Å².